The first-order chi connectivity index (χ1) is 8.47. The maximum absolute atomic E-state index is 11.3. The number of aryl methyl sites for hydroxylation is 1. The van der Waals surface area contributed by atoms with Crippen LogP contribution < -0.4 is 5.32 Å². The van der Waals surface area contributed by atoms with Crippen molar-refractivity contribution in [3.63, 3.8) is 0 Å². The zero-order valence-corrected chi connectivity index (χ0v) is 11.6. The van der Waals surface area contributed by atoms with Crippen molar-refractivity contribution in [2.45, 2.75) is 38.5 Å². The van der Waals surface area contributed by atoms with E-state index in [9.17, 15) is 4.79 Å². The van der Waals surface area contributed by atoms with Crippen molar-refractivity contribution in [2.75, 3.05) is 5.32 Å². The second-order valence-corrected chi connectivity index (χ2v) is 6.64. The van der Waals surface area contributed by atoms with Gasteiger partial charge in [0.25, 0.3) is 0 Å². The van der Waals surface area contributed by atoms with Crippen molar-refractivity contribution in [3.05, 3.63) is 29.3 Å². The summed E-state index contributed by atoms with van der Waals surface area (Å²) in [6.07, 6.45) is 2.61. The smallest absolute Gasteiger partial charge is 0.224 e. The van der Waals surface area contributed by atoms with Crippen LogP contribution in [-0.4, -0.2) is 5.91 Å². The van der Waals surface area contributed by atoms with E-state index in [-0.39, 0.29) is 11.3 Å². The monoisotopic (exact) mass is 263 g/mol. The van der Waals surface area contributed by atoms with Crippen LogP contribution in [0.15, 0.2) is 18.2 Å². The normalized spacial score (nSPS) is 26.2. The van der Waals surface area contributed by atoms with E-state index in [1.54, 1.807) is 0 Å². The zero-order chi connectivity index (χ0) is 12.9. The van der Waals surface area contributed by atoms with Crippen molar-refractivity contribution in [3.8, 4) is 0 Å². The molecule has 2 nitrogen and oxygen atoms in total. The summed E-state index contributed by atoms with van der Waals surface area (Å²) in [5.41, 5.74) is 3.75. The minimum absolute atomic E-state index is 0.0999. The Kier molecular flexibility index (Phi) is 2.67. The van der Waals surface area contributed by atoms with E-state index in [2.05, 4.69) is 31.3 Å². The molecule has 0 aromatic heterocycles. The van der Waals surface area contributed by atoms with E-state index >= 15 is 0 Å². The number of fused-ring (bicyclic) bond motifs is 1. The van der Waals surface area contributed by atoms with Crippen LogP contribution in [0.3, 0.4) is 0 Å². The molecule has 2 atom stereocenters. The van der Waals surface area contributed by atoms with Crippen LogP contribution in [0.2, 0.25) is 0 Å². The summed E-state index contributed by atoms with van der Waals surface area (Å²) in [5.74, 6) is 0.691. The van der Waals surface area contributed by atoms with Crippen molar-refractivity contribution < 1.29 is 4.79 Å². The number of anilines is 1. The first-order valence-corrected chi connectivity index (χ1v) is 6.98. The van der Waals surface area contributed by atoms with Crippen molar-refractivity contribution in [1.29, 1.82) is 0 Å². The van der Waals surface area contributed by atoms with Crippen LogP contribution in [0, 0.1) is 11.3 Å². The molecule has 3 heteroatoms. The van der Waals surface area contributed by atoms with Crippen LogP contribution in [0.25, 0.3) is 0 Å². The highest BCUT2D eigenvalue weighted by molar-refractivity contribution is 6.21. The predicted octanol–water partition coefficient (Wildman–Crippen LogP) is 3.90. The number of benzene rings is 1. The molecule has 3 rings (SSSR count). The molecule has 1 fully saturated rings. The fourth-order valence-electron chi connectivity index (χ4n) is 2.81. The van der Waals surface area contributed by atoms with Crippen molar-refractivity contribution >= 4 is 23.2 Å². The second-order valence-electron chi connectivity index (χ2n) is 6.17. The van der Waals surface area contributed by atoms with E-state index in [0.717, 1.165) is 12.1 Å². The third kappa shape index (κ3) is 2.03. The lowest BCUT2D eigenvalue weighted by molar-refractivity contribution is -0.116. The highest BCUT2D eigenvalue weighted by atomic mass is 35.5. The van der Waals surface area contributed by atoms with Crippen LogP contribution in [0.5, 0.6) is 0 Å². The second kappa shape index (κ2) is 3.99. The van der Waals surface area contributed by atoms with Gasteiger partial charge in [-0.1, -0.05) is 26.0 Å². The number of hydrogen-bond acceptors (Lipinski definition) is 1. The molecule has 0 spiro atoms. The fourth-order valence-corrected chi connectivity index (χ4v) is 3.38. The first kappa shape index (κ1) is 12.0. The summed E-state index contributed by atoms with van der Waals surface area (Å²) in [7, 11) is 0. The summed E-state index contributed by atoms with van der Waals surface area (Å²) >= 11 is 6.57. The van der Waals surface area contributed by atoms with Gasteiger partial charge < -0.3 is 5.32 Å². The fraction of sp³-hybridized carbons (Fsp3) is 0.533. The molecule has 1 saturated carbocycles. The van der Waals surface area contributed by atoms with Gasteiger partial charge in [0.2, 0.25) is 5.91 Å². The Balaban J connectivity index is 1.84. The topological polar surface area (TPSA) is 29.1 Å². The highest BCUT2D eigenvalue weighted by Crippen LogP contribution is 2.60. The van der Waals surface area contributed by atoms with E-state index in [1.165, 1.54) is 17.5 Å². The Hall–Kier alpha value is -1.02. The van der Waals surface area contributed by atoms with Gasteiger partial charge in [-0.25, -0.2) is 0 Å². The first-order valence-electron chi connectivity index (χ1n) is 6.54. The molecule has 0 bridgehead atoms. The average molecular weight is 264 g/mol. The molecule has 1 aromatic carbocycles. The summed E-state index contributed by atoms with van der Waals surface area (Å²) in [6.45, 7) is 4.54. The van der Waals surface area contributed by atoms with Gasteiger partial charge in [-0.15, -0.1) is 11.6 Å². The maximum Gasteiger partial charge on any atom is 0.224 e. The predicted molar refractivity (Wildman–Crippen MR) is 73.9 cm³/mol. The van der Waals surface area contributed by atoms with Gasteiger partial charge >= 0.3 is 0 Å². The Morgan fingerprint density at radius 1 is 1.39 bits per heavy atom. The van der Waals surface area contributed by atoms with Crippen LogP contribution in [0.4, 0.5) is 5.69 Å². The molecule has 2 aliphatic rings. The van der Waals surface area contributed by atoms with Gasteiger partial charge in [-0.3, -0.25) is 4.79 Å². The van der Waals surface area contributed by atoms with Crippen molar-refractivity contribution in [2.24, 2.45) is 11.3 Å². The lowest BCUT2D eigenvalue weighted by Gasteiger charge is -2.19. The van der Waals surface area contributed by atoms with Gasteiger partial charge in [0.15, 0.2) is 0 Å². The third-order valence-electron chi connectivity index (χ3n) is 4.29. The molecule has 1 amide bonds. The molecule has 1 aliphatic heterocycles. The molecule has 18 heavy (non-hydrogen) atoms. The molecule has 2 unspecified atom stereocenters. The minimum atomic E-state index is 0.0999. The molecule has 1 aliphatic carbocycles. The van der Waals surface area contributed by atoms with Gasteiger partial charge in [-0.2, -0.15) is 0 Å². The van der Waals surface area contributed by atoms with E-state index in [0.29, 0.717) is 17.8 Å². The summed E-state index contributed by atoms with van der Waals surface area (Å²) in [6, 6.07) is 6.21. The Morgan fingerprint density at radius 3 is 2.78 bits per heavy atom. The standard InChI is InChI=1S/C15H18ClNO/c1-15(2)8-11(15)14(16)10-3-5-12-9(7-10)4-6-13(18)17-12/h3,5,7,11,14H,4,6,8H2,1-2H3,(H,17,18). The number of halogens is 1. The molecular weight excluding hydrogens is 246 g/mol. The van der Waals surface area contributed by atoms with E-state index in [1.807, 2.05) is 6.07 Å². The van der Waals surface area contributed by atoms with E-state index < -0.39 is 0 Å². The van der Waals surface area contributed by atoms with Gasteiger partial charge in [0.1, 0.15) is 0 Å². The SMILES string of the molecule is CC1(C)CC1C(Cl)c1ccc2c(c1)CCC(=O)N2. The Labute approximate surface area is 113 Å². The van der Waals surface area contributed by atoms with Crippen LogP contribution >= 0.6 is 11.6 Å². The summed E-state index contributed by atoms with van der Waals surface area (Å²) in [4.78, 5) is 11.3. The molecule has 1 aromatic rings. The Morgan fingerprint density at radius 2 is 2.11 bits per heavy atom. The lowest BCUT2D eigenvalue weighted by atomic mass is 9.96. The summed E-state index contributed by atoms with van der Waals surface area (Å²) < 4.78 is 0. The molecule has 96 valence electrons. The number of nitrogens with one attached hydrogen (secondary N) is 1. The van der Waals surface area contributed by atoms with Crippen LogP contribution in [-0.2, 0) is 11.2 Å². The summed E-state index contributed by atoms with van der Waals surface area (Å²) in [5, 5.41) is 3.01. The zero-order valence-electron chi connectivity index (χ0n) is 10.8. The minimum Gasteiger partial charge on any atom is -0.326 e. The third-order valence-corrected chi connectivity index (χ3v) is 4.84. The molecule has 1 N–H and O–H groups in total. The molecular formula is C15H18ClNO. The molecule has 0 radical (unpaired) electrons. The van der Waals surface area contributed by atoms with Gasteiger partial charge in [-0.05, 0) is 41.4 Å². The number of amides is 1. The average Bonchev–Trinajstić information content (AvgIpc) is 2.97. The number of carbonyl (C=O) groups excluding carboxylic acids is 1. The van der Waals surface area contributed by atoms with Crippen molar-refractivity contribution in [1.82, 2.24) is 0 Å². The molecule has 0 saturated heterocycles. The number of carbonyl (C=O) groups is 1. The number of alkyl halides is 1. The number of rotatable bonds is 2. The quantitative estimate of drug-likeness (QED) is 0.806. The highest BCUT2D eigenvalue weighted by Gasteiger charge is 2.50. The molecule has 1 heterocycles. The lowest BCUT2D eigenvalue weighted by Crippen LogP contribution is -2.19. The van der Waals surface area contributed by atoms with Gasteiger partial charge in [0.05, 0.1) is 5.38 Å². The maximum atomic E-state index is 11.3. The van der Waals surface area contributed by atoms with E-state index in [4.69, 9.17) is 11.6 Å². The van der Waals surface area contributed by atoms with Gasteiger partial charge in [0, 0.05) is 12.1 Å². The number of hydrogen-bond donors (Lipinski definition) is 1. The Bertz CT molecular complexity index is 509. The largest absolute Gasteiger partial charge is 0.326 e. The van der Waals surface area contributed by atoms with Crippen LogP contribution in [0.1, 0.15) is 43.2 Å².